The van der Waals surface area contributed by atoms with Gasteiger partial charge in [0.2, 0.25) is 0 Å². The Labute approximate surface area is 132 Å². The first-order valence-corrected chi connectivity index (χ1v) is 8.15. The summed E-state index contributed by atoms with van der Waals surface area (Å²) in [7, 11) is 3.71. The lowest BCUT2D eigenvalue weighted by Gasteiger charge is -2.39. The molecule has 21 heavy (non-hydrogen) atoms. The standard InChI is InChI=1S/C17H25ClFNO/c1-20-16(12-13-11-14(18)7-8-15(13)19)17(21-2)9-5-3-4-6-10-17/h7-8,11,16,20H,3-6,9-10,12H2,1-2H3. The zero-order valence-corrected chi connectivity index (χ0v) is 13.7. The van der Waals surface area contributed by atoms with Crippen molar-refractivity contribution in [1.29, 1.82) is 0 Å². The van der Waals surface area contributed by atoms with Crippen LogP contribution in [0.1, 0.15) is 44.1 Å². The monoisotopic (exact) mass is 313 g/mol. The molecule has 1 fully saturated rings. The summed E-state index contributed by atoms with van der Waals surface area (Å²) in [5, 5.41) is 3.93. The van der Waals surface area contributed by atoms with Gasteiger partial charge in [-0.15, -0.1) is 0 Å². The van der Waals surface area contributed by atoms with E-state index in [9.17, 15) is 4.39 Å². The van der Waals surface area contributed by atoms with Crippen LogP contribution in [0.3, 0.4) is 0 Å². The van der Waals surface area contributed by atoms with Crippen molar-refractivity contribution in [3.63, 3.8) is 0 Å². The Bertz CT molecular complexity index is 458. The predicted molar refractivity (Wildman–Crippen MR) is 85.4 cm³/mol. The summed E-state index contributed by atoms with van der Waals surface area (Å²) in [6, 6.07) is 4.85. The molecule has 0 radical (unpaired) electrons. The zero-order chi connectivity index (χ0) is 15.3. The fourth-order valence-corrected chi connectivity index (χ4v) is 3.69. The summed E-state index contributed by atoms with van der Waals surface area (Å²) < 4.78 is 20.0. The maximum atomic E-state index is 14.0. The van der Waals surface area contributed by atoms with E-state index in [0.717, 1.165) is 12.8 Å². The van der Waals surface area contributed by atoms with Gasteiger partial charge in [0.1, 0.15) is 5.82 Å². The number of methoxy groups -OCH3 is 1. The number of hydrogen-bond donors (Lipinski definition) is 1. The molecule has 4 heteroatoms. The first-order chi connectivity index (χ1) is 10.1. The van der Waals surface area contributed by atoms with Crippen LogP contribution in [0.25, 0.3) is 0 Å². The predicted octanol–water partition coefficient (Wildman–Crippen LogP) is 4.35. The number of halogens is 2. The molecule has 1 unspecified atom stereocenters. The average molecular weight is 314 g/mol. The molecule has 1 aromatic carbocycles. The third-order valence-corrected chi connectivity index (χ3v) is 5.01. The summed E-state index contributed by atoms with van der Waals surface area (Å²) in [4.78, 5) is 0. The molecule has 0 heterocycles. The van der Waals surface area contributed by atoms with E-state index in [-0.39, 0.29) is 17.5 Å². The Kier molecular flexibility index (Phi) is 6.03. The summed E-state index contributed by atoms with van der Waals surface area (Å²) >= 11 is 6.01. The highest BCUT2D eigenvalue weighted by molar-refractivity contribution is 6.30. The van der Waals surface area contributed by atoms with Crippen molar-refractivity contribution in [2.75, 3.05) is 14.2 Å². The van der Waals surface area contributed by atoms with Gasteiger partial charge in [-0.3, -0.25) is 0 Å². The first kappa shape index (κ1) is 16.7. The highest BCUT2D eigenvalue weighted by Gasteiger charge is 2.38. The molecule has 1 N–H and O–H groups in total. The summed E-state index contributed by atoms with van der Waals surface area (Å²) in [5.74, 6) is -0.195. The molecular weight excluding hydrogens is 289 g/mol. The van der Waals surface area contributed by atoms with E-state index in [1.807, 2.05) is 7.05 Å². The fraction of sp³-hybridized carbons (Fsp3) is 0.647. The summed E-state index contributed by atoms with van der Waals surface area (Å²) in [5.41, 5.74) is 0.447. The Morgan fingerprint density at radius 3 is 2.52 bits per heavy atom. The minimum absolute atomic E-state index is 0.0913. The van der Waals surface area contributed by atoms with Crippen molar-refractivity contribution >= 4 is 11.6 Å². The number of rotatable bonds is 5. The number of ether oxygens (including phenoxy) is 1. The largest absolute Gasteiger partial charge is 0.377 e. The number of likely N-dealkylation sites (N-methyl/N-ethyl adjacent to an activating group) is 1. The summed E-state index contributed by atoms with van der Waals surface area (Å²) in [6.07, 6.45) is 7.50. The second-order valence-electron chi connectivity index (χ2n) is 5.96. The molecule has 1 aliphatic rings. The van der Waals surface area contributed by atoms with Crippen LogP contribution in [0.5, 0.6) is 0 Å². The molecule has 118 valence electrons. The SMILES string of the molecule is CNC(Cc1cc(Cl)ccc1F)C1(OC)CCCCCC1. The average Bonchev–Trinajstić information content (AvgIpc) is 2.74. The second kappa shape index (κ2) is 7.57. The number of nitrogens with one attached hydrogen (secondary N) is 1. The lowest BCUT2D eigenvalue weighted by molar-refractivity contribution is -0.0510. The van der Waals surface area contributed by atoms with Crippen LogP contribution in [0.2, 0.25) is 5.02 Å². The Morgan fingerprint density at radius 2 is 1.95 bits per heavy atom. The molecule has 2 rings (SSSR count). The van der Waals surface area contributed by atoms with Gasteiger partial charge in [0.25, 0.3) is 0 Å². The van der Waals surface area contributed by atoms with Gasteiger partial charge in [-0.05, 0) is 50.1 Å². The molecule has 1 atom stereocenters. The second-order valence-corrected chi connectivity index (χ2v) is 6.40. The van der Waals surface area contributed by atoms with Crippen molar-refractivity contribution in [3.05, 3.63) is 34.6 Å². The number of hydrogen-bond acceptors (Lipinski definition) is 2. The van der Waals surface area contributed by atoms with Crippen molar-refractivity contribution in [2.24, 2.45) is 0 Å². The van der Waals surface area contributed by atoms with E-state index >= 15 is 0 Å². The van der Waals surface area contributed by atoms with Gasteiger partial charge in [-0.25, -0.2) is 4.39 Å². The molecule has 0 aromatic heterocycles. The van der Waals surface area contributed by atoms with E-state index in [1.165, 1.54) is 31.7 Å². The van der Waals surface area contributed by atoms with Gasteiger partial charge >= 0.3 is 0 Å². The van der Waals surface area contributed by atoms with Crippen LogP contribution in [-0.4, -0.2) is 25.8 Å². The maximum absolute atomic E-state index is 14.0. The highest BCUT2D eigenvalue weighted by atomic mass is 35.5. The van der Waals surface area contributed by atoms with Crippen LogP contribution in [0.15, 0.2) is 18.2 Å². The Morgan fingerprint density at radius 1 is 1.29 bits per heavy atom. The van der Waals surface area contributed by atoms with Crippen LogP contribution in [-0.2, 0) is 11.2 Å². The normalized spacial score (nSPS) is 20.0. The molecule has 0 amide bonds. The Balaban J connectivity index is 2.22. The third-order valence-electron chi connectivity index (χ3n) is 4.77. The molecule has 0 aliphatic heterocycles. The van der Waals surface area contributed by atoms with Crippen LogP contribution in [0.4, 0.5) is 4.39 Å². The van der Waals surface area contributed by atoms with E-state index in [0.29, 0.717) is 17.0 Å². The van der Waals surface area contributed by atoms with E-state index in [1.54, 1.807) is 19.2 Å². The molecule has 1 aromatic rings. The van der Waals surface area contributed by atoms with Crippen molar-refractivity contribution in [3.8, 4) is 0 Å². The van der Waals surface area contributed by atoms with Gasteiger partial charge in [-0.2, -0.15) is 0 Å². The van der Waals surface area contributed by atoms with Crippen LogP contribution in [0, 0.1) is 5.82 Å². The van der Waals surface area contributed by atoms with E-state index in [2.05, 4.69) is 5.32 Å². The highest BCUT2D eigenvalue weighted by Crippen LogP contribution is 2.34. The van der Waals surface area contributed by atoms with Crippen molar-refractivity contribution in [1.82, 2.24) is 5.32 Å². The molecule has 1 aliphatic carbocycles. The Hall–Kier alpha value is -0.640. The minimum atomic E-state index is -0.208. The van der Waals surface area contributed by atoms with Crippen LogP contribution >= 0.6 is 11.6 Å². The summed E-state index contributed by atoms with van der Waals surface area (Å²) in [6.45, 7) is 0. The third kappa shape index (κ3) is 3.97. The van der Waals surface area contributed by atoms with Gasteiger partial charge in [-0.1, -0.05) is 37.3 Å². The minimum Gasteiger partial charge on any atom is -0.377 e. The fourth-order valence-electron chi connectivity index (χ4n) is 3.49. The van der Waals surface area contributed by atoms with Crippen LogP contribution < -0.4 is 5.32 Å². The van der Waals surface area contributed by atoms with Gasteiger partial charge in [0.05, 0.1) is 5.60 Å². The lowest BCUT2D eigenvalue weighted by Crippen LogP contribution is -2.52. The van der Waals surface area contributed by atoms with Gasteiger partial charge in [0, 0.05) is 18.2 Å². The molecule has 1 saturated carbocycles. The first-order valence-electron chi connectivity index (χ1n) is 7.77. The van der Waals surface area contributed by atoms with Crippen molar-refractivity contribution < 1.29 is 9.13 Å². The molecule has 0 spiro atoms. The zero-order valence-electron chi connectivity index (χ0n) is 12.9. The quantitative estimate of drug-likeness (QED) is 0.816. The smallest absolute Gasteiger partial charge is 0.126 e. The molecule has 0 bridgehead atoms. The maximum Gasteiger partial charge on any atom is 0.126 e. The molecule has 0 saturated heterocycles. The lowest BCUT2D eigenvalue weighted by atomic mass is 9.82. The van der Waals surface area contributed by atoms with Gasteiger partial charge in [0.15, 0.2) is 0 Å². The van der Waals surface area contributed by atoms with E-state index < -0.39 is 0 Å². The van der Waals surface area contributed by atoms with Crippen molar-refractivity contribution in [2.45, 2.75) is 56.6 Å². The topological polar surface area (TPSA) is 21.3 Å². The van der Waals surface area contributed by atoms with Gasteiger partial charge < -0.3 is 10.1 Å². The van der Waals surface area contributed by atoms with E-state index in [4.69, 9.17) is 16.3 Å². The molecule has 2 nitrogen and oxygen atoms in total. The number of benzene rings is 1. The molecular formula is C17H25ClFNO.